The Labute approximate surface area is 219 Å². The zero-order chi connectivity index (χ0) is 25.6. The third-order valence-electron chi connectivity index (χ3n) is 10.0. The Bertz CT molecular complexity index is 1250. The van der Waals surface area contributed by atoms with E-state index in [1.807, 2.05) is 0 Å². The van der Waals surface area contributed by atoms with E-state index in [1.54, 1.807) is 16.7 Å². The standard InChI is InChI=1S/C36H44/c1-22-13-16-28-30(19-22)36(29-12-10-9-11-23(2)33(28)29)31-20-24(34(3,4)5)14-17-26(31)27-18-15-25(21-32(27)36)35(6,7)8/h9,11,13-18,20-21,23,29-30,33H,10,12,19H2,1-8H3. The van der Waals surface area contributed by atoms with E-state index in [0.717, 1.165) is 0 Å². The molecule has 0 amide bonds. The molecule has 4 atom stereocenters. The van der Waals surface area contributed by atoms with E-state index in [1.165, 1.54) is 47.1 Å². The van der Waals surface area contributed by atoms with Gasteiger partial charge in [0.15, 0.2) is 0 Å². The van der Waals surface area contributed by atoms with Crippen molar-refractivity contribution in [2.45, 2.75) is 90.9 Å². The van der Waals surface area contributed by atoms with Crippen LogP contribution in [-0.4, -0.2) is 0 Å². The van der Waals surface area contributed by atoms with Crippen LogP contribution in [0.5, 0.6) is 0 Å². The van der Waals surface area contributed by atoms with Crippen molar-refractivity contribution >= 4 is 0 Å². The van der Waals surface area contributed by atoms with Gasteiger partial charge in [-0.3, -0.25) is 0 Å². The molecule has 0 aliphatic heterocycles. The highest BCUT2D eigenvalue weighted by Gasteiger charge is 2.63. The number of hydrogen-bond acceptors (Lipinski definition) is 0. The smallest absolute Gasteiger partial charge is 0.0318 e. The van der Waals surface area contributed by atoms with Crippen molar-refractivity contribution in [3.63, 3.8) is 0 Å². The van der Waals surface area contributed by atoms with Crippen LogP contribution in [0.1, 0.15) is 96.9 Å². The zero-order valence-electron chi connectivity index (χ0n) is 23.7. The van der Waals surface area contributed by atoms with E-state index >= 15 is 0 Å². The third-order valence-corrected chi connectivity index (χ3v) is 10.0. The molecular formula is C36H44. The summed E-state index contributed by atoms with van der Waals surface area (Å²) in [5.41, 5.74) is 12.8. The Balaban J connectivity index is 1.71. The summed E-state index contributed by atoms with van der Waals surface area (Å²) in [5.74, 6) is 2.38. The number of rotatable bonds is 0. The second-order valence-electron chi connectivity index (χ2n) is 14.3. The minimum atomic E-state index is 0.0550. The summed E-state index contributed by atoms with van der Waals surface area (Å²) in [6, 6.07) is 15.0. The summed E-state index contributed by atoms with van der Waals surface area (Å²) in [7, 11) is 0. The SMILES string of the molecule is CC1=CC=C2C3C(C)C=CCCC3C3(c4cc(C(C)(C)C)ccc4-c4ccc(C(C)(C)C)cc43)C2C1. The molecule has 6 rings (SSSR count). The van der Waals surface area contributed by atoms with E-state index in [0.29, 0.717) is 23.7 Å². The molecule has 0 radical (unpaired) electrons. The molecule has 0 N–H and O–H groups in total. The van der Waals surface area contributed by atoms with Crippen LogP contribution in [0.2, 0.25) is 0 Å². The minimum absolute atomic E-state index is 0.0550. The first kappa shape index (κ1) is 24.0. The molecule has 4 aliphatic rings. The second-order valence-corrected chi connectivity index (χ2v) is 14.3. The fraction of sp³-hybridized carbons (Fsp3) is 0.500. The van der Waals surface area contributed by atoms with E-state index < -0.39 is 0 Å². The van der Waals surface area contributed by atoms with Crippen LogP contribution in [0.4, 0.5) is 0 Å². The predicted octanol–water partition coefficient (Wildman–Crippen LogP) is 9.67. The van der Waals surface area contributed by atoms with Crippen LogP contribution in [0.15, 0.2) is 71.8 Å². The van der Waals surface area contributed by atoms with Crippen LogP contribution < -0.4 is 0 Å². The normalized spacial score (nSPS) is 28.1. The number of allylic oxidation sites excluding steroid dienone is 6. The molecule has 0 saturated heterocycles. The molecule has 4 aliphatic carbocycles. The Morgan fingerprint density at radius 1 is 0.806 bits per heavy atom. The molecule has 0 heteroatoms. The summed E-state index contributed by atoms with van der Waals surface area (Å²) >= 11 is 0. The average Bonchev–Trinajstić information content (AvgIpc) is 3.16. The first-order chi connectivity index (χ1) is 16.9. The summed E-state index contributed by atoms with van der Waals surface area (Å²) in [6.07, 6.45) is 13.6. The molecule has 0 bridgehead atoms. The van der Waals surface area contributed by atoms with Gasteiger partial charge in [-0.05, 0) is 94.1 Å². The van der Waals surface area contributed by atoms with Crippen molar-refractivity contribution in [2.24, 2.45) is 23.7 Å². The van der Waals surface area contributed by atoms with Gasteiger partial charge in [-0.2, -0.15) is 0 Å². The fourth-order valence-electron chi connectivity index (χ4n) is 8.28. The van der Waals surface area contributed by atoms with Gasteiger partial charge < -0.3 is 0 Å². The number of benzene rings is 2. The second kappa shape index (κ2) is 7.83. The van der Waals surface area contributed by atoms with Gasteiger partial charge in [-0.15, -0.1) is 0 Å². The van der Waals surface area contributed by atoms with Crippen molar-refractivity contribution in [2.75, 3.05) is 0 Å². The van der Waals surface area contributed by atoms with Gasteiger partial charge in [0.25, 0.3) is 0 Å². The Morgan fingerprint density at radius 3 is 1.94 bits per heavy atom. The molecule has 36 heavy (non-hydrogen) atoms. The molecule has 2 aromatic rings. The van der Waals surface area contributed by atoms with Gasteiger partial charge in [-0.25, -0.2) is 0 Å². The van der Waals surface area contributed by atoms with Gasteiger partial charge in [0.05, 0.1) is 0 Å². The lowest BCUT2D eigenvalue weighted by molar-refractivity contribution is 0.242. The molecule has 0 aromatic heterocycles. The molecular weight excluding hydrogens is 432 g/mol. The quantitative estimate of drug-likeness (QED) is 0.332. The molecule has 0 heterocycles. The molecule has 1 fully saturated rings. The monoisotopic (exact) mass is 476 g/mol. The minimum Gasteiger partial charge on any atom is -0.0882 e. The maximum absolute atomic E-state index is 2.64. The predicted molar refractivity (Wildman–Crippen MR) is 155 cm³/mol. The first-order valence-electron chi connectivity index (χ1n) is 14.3. The van der Waals surface area contributed by atoms with Crippen LogP contribution in [-0.2, 0) is 16.2 Å². The van der Waals surface area contributed by atoms with E-state index in [-0.39, 0.29) is 16.2 Å². The van der Waals surface area contributed by atoms with Crippen LogP contribution in [0, 0.1) is 23.7 Å². The van der Waals surface area contributed by atoms with Crippen molar-refractivity contribution in [3.8, 4) is 11.1 Å². The Morgan fingerprint density at radius 2 is 1.39 bits per heavy atom. The summed E-state index contributed by atoms with van der Waals surface area (Å²) in [5, 5.41) is 0. The fourth-order valence-corrected chi connectivity index (χ4v) is 8.28. The highest BCUT2D eigenvalue weighted by atomic mass is 14.7. The van der Waals surface area contributed by atoms with E-state index in [2.05, 4.69) is 116 Å². The maximum atomic E-state index is 2.64. The Hall–Kier alpha value is -2.34. The van der Waals surface area contributed by atoms with Crippen molar-refractivity contribution in [1.82, 2.24) is 0 Å². The molecule has 1 spiro atoms. The molecule has 0 nitrogen and oxygen atoms in total. The van der Waals surface area contributed by atoms with Gasteiger partial charge in [0.1, 0.15) is 0 Å². The summed E-state index contributed by atoms with van der Waals surface area (Å²) in [4.78, 5) is 0. The lowest BCUT2D eigenvalue weighted by atomic mass is 9.60. The van der Waals surface area contributed by atoms with Crippen LogP contribution >= 0.6 is 0 Å². The molecule has 4 unspecified atom stereocenters. The lowest BCUT2D eigenvalue weighted by Crippen LogP contribution is -2.39. The number of fused-ring (bicyclic) bond motifs is 10. The largest absolute Gasteiger partial charge is 0.0882 e. The highest BCUT2D eigenvalue weighted by molar-refractivity contribution is 5.84. The van der Waals surface area contributed by atoms with Crippen LogP contribution in [0.3, 0.4) is 0 Å². The first-order valence-corrected chi connectivity index (χ1v) is 14.3. The Kier molecular flexibility index (Phi) is 5.23. The molecule has 2 aromatic carbocycles. The van der Waals surface area contributed by atoms with Gasteiger partial charge >= 0.3 is 0 Å². The molecule has 1 saturated carbocycles. The van der Waals surface area contributed by atoms with Crippen molar-refractivity contribution in [3.05, 3.63) is 94.1 Å². The van der Waals surface area contributed by atoms with Crippen molar-refractivity contribution < 1.29 is 0 Å². The summed E-state index contributed by atoms with van der Waals surface area (Å²) < 4.78 is 0. The van der Waals surface area contributed by atoms with E-state index in [9.17, 15) is 0 Å². The van der Waals surface area contributed by atoms with Gasteiger partial charge in [-0.1, -0.05) is 120 Å². The van der Waals surface area contributed by atoms with Crippen LogP contribution in [0.25, 0.3) is 11.1 Å². The maximum Gasteiger partial charge on any atom is 0.0318 e. The third kappa shape index (κ3) is 3.25. The van der Waals surface area contributed by atoms with Gasteiger partial charge in [0, 0.05) is 5.41 Å². The summed E-state index contributed by atoms with van der Waals surface area (Å²) in [6.45, 7) is 19.1. The highest BCUT2D eigenvalue weighted by Crippen LogP contribution is 2.69. The topological polar surface area (TPSA) is 0 Å². The number of hydrogen-bond donors (Lipinski definition) is 0. The average molecular weight is 477 g/mol. The van der Waals surface area contributed by atoms with Crippen molar-refractivity contribution in [1.29, 1.82) is 0 Å². The lowest BCUT2D eigenvalue weighted by Gasteiger charge is -2.42. The van der Waals surface area contributed by atoms with E-state index in [4.69, 9.17) is 0 Å². The zero-order valence-corrected chi connectivity index (χ0v) is 23.7. The van der Waals surface area contributed by atoms with Gasteiger partial charge in [0.2, 0.25) is 0 Å². The molecule has 188 valence electrons.